The van der Waals surface area contributed by atoms with Gasteiger partial charge in [0, 0.05) is 30.7 Å². The summed E-state index contributed by atoms with van der Waals surface area (Å²) in [5.74, 6) is 0. The average Bonchev–Trinajstić information content (AvgIpc) is 2.63. The molecule has 2 aromatic rings. The highest BCUT2D eigenvalue weighted by Gasteiger charge is 2.04. The largest absolute Gasteiger partial charge is 0.350 e. The number of hydrogen-bond donors (Lipinski definition) is 2. The summed E-state index contributed by atoms with van der Waals surface area (Å²) in [5.41, 5.74) is 8.11. The number of aryl methyl sites for hydroxylation is 1. The lowest BCUT2D eigenvalue weighted by Crippen LogP contribution is -2.17. The molecule has 0 aliphatic rings. The van der Waals surface area contributed by atoms with E-state index in [1.807, 2.05) is 0 Å². The smallest absolute Gasteiger partial charge is 0.0481 e. The van der Waals surface area contributed by atoms with E-state index in [4.69, 9.17) is 5.73 Å². The first kappa shape index (κ1) is 11.2. The van der Waals surface area contributed by atoms with Gasteiger partial charge in [0.1, 0.15) is 0 Å². The van der Waals surface area contributed by atoms with Crippen LogP contribution in [0.3, 0.4) is 0 Å². The van der Waals surface area contributed by atoms with Gasteiger partial charge < -0.3 is 15.6 Å². The summed E-state index contributed by atoms with van der Waals surface area (Å²) in [4.78, 5) is 0. The fraction of sp³-hybridized carbons (Fsp3) is 0.385. The van der Waals surface area contributed by atoms with Crippen LogP contribution in [0.1, 0.15) is 12.0 Å². The third-order valence-electron chi connectivity index (χ3n) is 2.85. The summed E-state index contributed by atoms with van der Waals surface area (Å²) in [6.07, 6.45) is 3.23. The van der Waals surface area contributed by atoms with Gasteiger partial charge in [-0.2, -0.15) is 0 Å². The molecule has 0 amide bonds. The predicted octanol–water partition coefficient (Wildman–Crippen LogP) is 1.62. The molecule has 3 N–H and O–H groups in total. The van der Waals surface area contributed by atoms with Crippen LogP contribution in [-0.4, -0.2) is 17.7 Å². The molecule has 0 spiro atoms. The Morgan fingerprint density at radius 1 is 1.31 bits per heavy atom. The van der Waals surface area contributed by atoms with E-state index >= 15 is 0 Å². The van der Waals surface area contributed by atoms with Gasteiger partial charge in [0.15, 0.2) is 0 Å². The molecule has 3 nitrogen and oxygen atoms in total. The fourth-order valence-corrected chi connectivity index (χ4v) is 2.02. The van der Waals surface area contributed by atoms with Crippen LogP contribution in [0, 0.1) is 0 Å². The highest BCUT2D eigenvalue weighted by molar-refractivity contribution is 5.83. The molecule has 0 atom stereocenters. The van der Waals surface area contributed by atoms with Crippen molar-refractivity contribution in [2.75, 3.05) is 13.1 Å². The number of nitrogens with two attached hydrogens (primary N) is 1. The lowest BCUT2D eigenvalue weighted by molar-refractivity contribution is 0.656. The second-order valence-electron chi connectivity index (χ2n) is 4.10. The Kier molecular flexibility index (Phi) is 3.59. The molecule has 0 unspecified atom stereocenters. The molecule has 0 saturated carbocycles. The summed E-state index contributed by atoms with van der Waals surface area (Å²) in [7, 11) is 2.09. The van der Waals surface area contributed by atoms with Gasteiger partial charge in [-0.05, 0) is 31.1 Å². The monoisotopic (exact) mass is 217 g/mol. The molecule has 0 aliphatic carbocycles. The molecular formula is C13H19N3. The molecule has 2 rings (SSSR count). The zero-order valence-corrected chi connectivity index (χ0v) is 9.74. The quantitative estimate of drug-likeness (QED) is 0.747. The predicted molar refractivity (Wildman–Crippen MR) is 68.3 cm³/mol. The highest BCUT2D eigenvalue weighted by Crippen LogP contribution is 2.19. The van der Waals surface area contributed by atoms with Crippen molar-refractivity contribution in [3.63, 3.8) is 0 Å². The molecule has 0 saturated heterocycles. The summed E-state index contributed by atoms with van der Waals surface area (Å²) in [5, 5.41) is 4.75. The van der Waals surface area contributed by atoms with Crippen molar-refractivity contribution in [3.05, 3.63) is 36.0 Å². The zero-order valence-electron chi connectivity index (χ0n) is 9.74. The number of hydrogen-bond acceptors (Lipinski definition) is 2. The van der Waals surface area contributed by atoms with Crippen molar-refractivity contribution in [2.24, 2.45) is 12.8 Å². The molecule has 0 bridgehead atoms. The van der Waals surface area contributed by atoms with Gasteiger partial charge in [-0.25, -0.2) is 0 Å². The number of nitrogens with zero attached hydrogens (tertiary/aromatic N) is 1. The van der Waals surface area contributed by atoms with E-state index in [-0.39, 0.29) is 0 Å². The van der Waals surface area contributed by atoms with Crippen molar-refractivity contribution < 1.29 is 0 Å². The first-order valence-corrected chi connectivity index (χ1v) is 5.76. The number of fused-ring (bicyclic) bond motifs is 1. The Balaban J connectivity index is 2.12. The van der Waals surface area contributed by atoms with E-state index in [1.54, 1.807) is 0 Å². The molecule has 1 heterocycles. The van der Waals surface area contributed by atoms with Crippen molar-refractivity contribution in [2.45, 2.75) is 13.0 Å². The van der Waals surface area contributed by atoms with E-state index in [9.17, 15) is 0 Å². The van der Waals surface area contributed by atoms with Crippen LogP contribution in [0.5, 0.6) is 0 Å². The van der Waals surface area contributed by atoms with Gasteiger partial charge in [-0.15, -0.1) is 0 Å². The van der Waals surface area contributed by atoms with Crippen LogP contribution in [-0.2, 0) is 13.6 Å². The van der Waals surface area contributed by atoms with E-state index in [2.05, 4.69) is 47.4 Å². The summed E-state index contributed by atoms with van der Waals surface area (Å²) < 4.78 is 2.18. The number of rotatable bonds is 5. The Morgan fingerprint density at radius 3 is 2.94 bits per heavy atom. The molecule has 86 valence electrons. The van der Waals surface area contributed by atoms with Crippen LogP contribution in [0.15, 0.2) is 30.5 Å². The van der Waals surface area contributed by atoms with Gasteiger partial charge in [0.05, 0.1) is 0 Å². The molecule has 1 aromatic heterocycles. The van der Waals surface area contributed by atoms with Gasteiger partial charge in [-0.3, -0.25) is 0 Å². The van der Waals surface area contributed by atoms with E-state index in [1.165, 1.54) is 16.5 Å². The second-order valence-corrected chi connectivity index (χ2v) is 4.10. The highest BCUT2D eigenvalue weighted by atomic mass is 14.9. The fourth-order valence-electron chi connectivity index (χ4n) is 2.02. The van der Waals surface area contributed by atoms with E-state index in [0.29, 0.717) is 0 Å². The first-order valence-electron chi connectivity index (χ1n) is 5.76. The molecular weight excluding hydrogens is 198 g/mol. The van der Waals surface area contributed by atoms with Crippen molar-refractivity contribution in [3.8, 4) is 0 Å². The SMILES string of the molecule is Cn1cc(CNCCCN)c2ccccc21. The summed E-state index contributed by atoms with van der Waals surface area (Å²) in [6.45, 7) is 2.66. The van der Waals surface area contributed by atoms with Gasteiger partial charge in [-0.1, -0.05) is 18.2 Å². The lowest BCUT2D eigenvalue weighted by atomic mass is 10.2. The number of benzene rings is 1. The lowest BCUT2D eigenvalue weighted by Gasteiger charge is -2.02. The first-order chi connectivity index (χ1) is 7.83. The number of para-hydroxylation sites is 1. The topological polar surface area (TPSA) is 43.0 Å². The molecule has 3 heteroatoms. The Bertz CT molecular complexity index is 459. The standard InChI is InChI=1S/C13H19N3/c1-16-10-11(9-15-8-4-7-14)12-5-2-3-6-13(12)16/h2-3,5-6,10,15H,4,7-9,14H2,1H3. The zero-order chi connectivity index (χ0) is 11.4. The minimum atomic E-state index is 0.753. The molecule has 0 aliphatic heterocycles. The maximum Gasteiger partial charge on any atom is 0.0481 e. The van der Waals surface area contributed by atoms with Crippen LogP contribution >= 0.6 is 0 Å². The third kappa shape index (κ3) is 2.26. The van der Waals surface area contributed by atoms with Gasteiger partial charge in [0.2, 0.25) is 0 Å². The minimum Gasteiger partial charge on any atom is -0.350 e. The van der Waals surface area contributed by atoms with Crippen LogP contribution in [0.4, 0.5) is 0 Å². The van der Waals surface area contributed by atoms with Gasteiger partial charge >= 0.3 is 0 Å². The second kappa shape index (κ2) is 5.14. The Hall–Kier alpha value is -1.32. The maximum absolute atomic E-state index is 5.46. The van der Waals surface area contributed by atoms with E-state index in [0.717, 1.165) is 26.1 Å². The third-order valence-corrected chi connectivity index (χ3v) is 2.85. The maximum atomic E-state index is 5.46. The van der Waals surface area contributed by atoms with E-state index < -0.39 is 0 Å². The number of aromatic nitrogens is 1. The van der Waals surface area contributed by atoms with Crippen LogP contribution < -0.4 is 11.1 Å². The summed E-state index contributed by atoms with van der Waals surface area (Å²) >= 11 is 0. The normalized spacial score (nSPS) is 11.1. The van der Waals surface area contributed by atoms with Crippen molar-refractivity contribution in [1.29, 1.82) is 0 Å². The molecule has 0 radical (unpaired) electrons. The number of nitrogens with one attached hydrogen (secondary N) is 1. The Morgan fingerprint density at radius 2 is 2.12 bits per heavy atom. The molecule has 1 aromatic carbocycles. The summed E-state index contributed by atoms with van der Waals surface area (Å²) in [6, 6.07) is 8.49. The van der Waals surface area contributed by atoms with Crippen LogP contribution in [0.25, 0.3) is 10.9 Å². The minimum absolute atomic E-state index is 0.753. The molecule has 0 fully saturated rings. The van der Waals surface area contributed by atoms with Gasteiger partial charge in [0.25, 0.3) is 0 Å². The average molecular weight is 217 g/mol. The van der Waals surface area contributed by atoms with Crippen molar-refractivity contribution >= 4 is 10.9 Å². The van der Waals surface area contributed by atoms with Crippen molar-refractivity contribution in [1.82, 2.24) is 9.88 Å². The van der Waals surface area contributed by atoms with Crippen LogP contribution in [0.2, 0.25) is 0 Å². The molecule has 16 heavy (non-hydrogen) atoms. The Labute approximate surface area is 96.2 Å².